The van der Waals surface area contributed by atoms with E-state index in [9.17, 15) is 9.18 Å². The van der Waals surface area contributed by atoms with Crippen molar-refractivity contribution in [2.45, 2.75) is 44.2 Å². The number of aromatic nitrogens is 2. The molecular weight excluding hydrogens is 532 g/mol. The summed E-state index contributed by atoms with van der Waals surface area (Å²) in [5.74, 6) is 0.359. The molecule has 4 heterocycles. The van der Waals surface area contributed by atoms with Crippen LogP contribution >= 0.6 is 11.3 Å². The minimum atomic E-state index is -0.679. The van der Waals surface area contributed by atoms with Crippen LogP contribution in [0, 0.1) is 5.82 Å². The lowest BCUT2D eigenvalue weighted by atomic mass is 9.91. The highest BCUT2D eigenvalue weighted by molar-refractivity contribution is 7.23. The number of hydrogen-bond acceptors (Lipinski definition) is 6. The van der Waals surface area contributed by atoms with E-state index < -0.39 is 6.17 Å². The van der Waals surface area contributed by atoms with Crippen molar-refractivity contribution in [2.75, 3.05) is 46.4 Å². The van der Waals surface area contributed by atoms with Gasteiger partial charge in [0.25, 0.3) is 5.91 Å². The molecule has 1 amide bonds. The molecule has 0 bridgehead atoms. The normalized spacial score (nSPS) is 18.9. The molecule has 0 saturated carbocycles. The summed E-state index contributed by atoms with van der Waals surface area (Å²) >= 11 is 1.46. The van der Waals surface area contributed by atoms with Crippen LogP contribution in [-0.4, -0.2) is 72.7 Å². The number of rotatable bonds is 8. The molecule has 0 spiro atoms. The molecule has 2 saturated heterocycles. The van der Waals surface area contributed by atoms with Gasteiger partial charge >= 0.3 is 0 Å². The Labute approximate surface area is 236 Å². The van der Waals surface area contributed by atoms with Crippen LogP contribution in [0.2, 0.25) is 0 Å². The number of imidazole rings is 1. The van der Waals surface area contributed by atoms with Gasteiger partial charge in [0, 0.05) is 44.0 Å². The second-order valence-corrected chi connectivity index (χ2v) is 11.8. The summed E-state index contributed by atoms with van der Waals surface area (Å²) in [6.07, 6.45) is 5.33. The number of benzene rings is 2. The van der Waals surface area contributed by atoms with E-state index >= 15 is 4.39 Å². The van der Waals surface area contributed by atoms with E-state index in [0.29, 0.717) is 47.9 Å². The monoisotopic (exact) mass is 567 g/mol. The molecule has 4 aromatic rings. The van der Waals surface area contributed by atoms with Crippen LogP contribution in [0.4, 0.5) is 8.78 Å². The van der Waals surface area contributed by atoms with Crippen molar-refractivity contribution in [1.82, 2.24) is 24.9 Å². The SMILES string of the molecule is COc1cc2c(cc1C(=O)NCCCN1CCC(F)CC1)sc1nc(-c3ccc(C4CCCNC4)cc3F)cn12. The number of nitrogens with one attached hydrogen (secondary N) is 2. The quantitative estimate of drug-likeness (QED) is 0.280. The minimum absolute atomic E-state index is 0.191. The number of halogens is 2. The van der Waals surface area contributed by atoms with Gasteiger partial charge in [-0.25, -0.2) is 13.8 Å². The number of alkyl halides is 1. The van der Waals surface area contributed by atoms with Crippen LogP contribution in [0.1, 0.15) is 53.9 Å². The lowest BCUT2D eigenvalue weighted by Crippen LogP contribution is -2.36. The molecule has 1 atom stereocenters. The first-order valence-electron chi connectivity index (χ1n) is 14.1. The third-order valence-electron chi connectivity index (χ3n) is 8.15. The molecule has 2 fully saturated rings. The van der Waals surface area contributed by atoms with E-state index in [-0.39, 0.29) is 11.7 Å². The van der Waals surface area contributed by atoms with Gasteiger partial charge in [0.15, 0.2) is 4.96 Å². The average Bonchev–Trinajstić information content (AvgIpc) is 3.53. The molecule has 10 heteroatoms. The number of methoxy groups -OCH3 is 1. The highest BCUT2D eigenvalue weighted by Crippen LogP contribution is 2.35. The number of carbonyl (C=O) groups excluding carboxylic acids is 1. The number of fused-ring (bicyclic) bond motifs is 3. The summed E-state index contributed by atoms with van der Waals surface area (Å²) in [6, 6.07) is 9.18. The van der Waals surface area contributed by atoms with Gasteiger partial charge in [0.05, 0.1) is 28.6 Å². The van der Waals surface area contributed by atoms with E-state index in [1.165, 1.54) is 11.3 Å². The zero-order valence-electron chi connectivity index (χ0n) is 22.7. The van der Waals surface area contributed by atoms with Crippen molar-refractivity contribution < 1.29 is 18.3 Å². The first-order chi connectivity index (χ1) is 19.5. The Bertz CT molecular complexity index is 1510. The van der Waals surface area contributed by atoms with Crippen molar-refractivity contribution >= 4 is 32.4 Å². The fourth-order valence-corrected chi connectivity index (χ4v) is 6.88. The van der Waals surface area contributed by atoms with Gasteiger partial charge in [0.2, 0.25) is 0 Å². The van der Waals surface area contributed by atoms with Gasteiger partial charge in [-0.3, -0.25) is 9.20 Å². The maximum atomic E-state index is 15.2. The third kappa shape index (κ3) is 5.57. The Morgan fingerprint density at radius 3 is 2.83 bits per heavy atom. The van der Waals surface area contributed by atoms with E-state index in [4.69, 9.17) is 9.72 Å². The van der Waals surface area contributed by atoms with Gasteiger partial charge < -0.3 is 20.3 Å². The molecule has 2 aliphatic heterocycles. The molecule has 212 valence electrons. The number of hydrogen-bond donors (Lipinski definition) is 2. The second kappa shape index (κ2) is 11.8. The van der Waals surface area contributed by atoms with Crippen molar-refractivity contribution in [3.63, 3.8) is 0 Å². The summed E-state index contributed by atoms with van der Waals surface area (Å²) in [6.45, 7) is 4.84. The molecule has 1 unspecified atom stereocenters. The number of piperidine rings is 2. The maximum Gasteiger partial charge on any atom is 0.255 e. The number of nitrogens with zero attached hydrogens (tertiary/aromatic N) is 3. The lowest BCUT2D eigenvalue weighted by Gasteiger charge is -2.28. The van der Waals surface area contributed by atoms with Crippen LogP contribution in [0.15, 0.2) is 36.5 Å². The van der Waals surface area contributed by atoms with Gasteiger partial charge in [-0.2, -0.15) is 0 Å². The lowest BCUT2D eigenvalue weighted by molar-refractivity contribution is 0.0947. The summed E-state index contributed by atoms with van der Waals surface area (Å²) < 4.78 is 37.0. The summed E-state index contributed by atoms with van der Waals surface area (Å²) in [5, 5.41) is 6.39. The van der Waals surface area contributed by atoms with Crippen LogP contribution in [0.25, 0.3) is 26.4 Å². The van der Waals surface area contributed by atoms with E-state index in [0.717, 1.165) is 72.7 Å². The summed E-state index contributed by atoms with van der Waals surface area (Å²) in [5.41, 5.74) is 3.41. The number of carbonyl (C=O) groups is 1. The Kier molecular flexibility index (Phi) is 8.00. The Morgan fingerprint density at radius 2 is 2.08 bits per heavy atom. The first-order valence-corrected chi connectivity index (χ1v) is 15.0. The van der Waals surface area contributed by atoms with Crippen molar-refractivity contribution in [3.05, 3.63) is 53.5 Å². The number of ether oxygens (including phenoxy) is 1. The Balaban J connectivity index is 1.17. The second-order valence-electron chi connectivity index (χ2n) is 10.8. The van der Waals surface area contributed by atoms with E-state index in [2.05, 4.69) is 15.5 Å². The van der Waals surface area contributed by atoms with Crippen molar-refractivity contribution in [1.29, 1.82) is 0 Å². The van der Waals surface area contributed by atoms with Gasteiger partial charge in [-0.1, -0.05) is 17.4 Å². The summed E-state index contributed by atoms with van der Waals surface area (Å²) in [4.78, 5) is 20.7. The largest absolute Gasteiger partial charge is 0.496 e. The standard InChI is InChI=1S/C30H35F2N5O2S/c1-39-27-16-26-28(15-23(27)29(38)34-10-3-11-36-12-7-21(31)8-13-36)40-30-35-25(18-37(26)30)22-6-5-19(14-24(22)32)20-4-2-9-33-17-20/h5-6,14-16,18,20-21,33H,2-4,7-13,17H2,1H3,(H,34,38). The topological polar surface area (TPSA) is 70.9 Å². The number of likely N-dealkylation sites (tertiary alicyclic amines) is 1. The van der Waals surface area contributed by atoms with Gasteiger partial charge in [-0.15, -0.1) is 0 Å². The molecule has 2 aliphatic rings. The molecule has 0 aliphatic carbocycles. The zero-order chi connectivity index (χ0) is 27.6. The minimum Gasteiger partial charge on any atom is -0.496 e. The predicted octanol–water partition coefficient (Wildman–Crippen LogP) is 5.38. The van der Waals surface area contributed by atoms with Crippen LogP contribution in [-0.2, 0) is 0 Å². The van der Waals surface area contributed by atoms with Crippen LogP contribution < -0.4 is 15.4 Å². The third-order valence-corrected chi connectivity index (χ3v) is 9.17. The smallest absolute Gasteiger partial charge is 0.255 e. The van der Waals surface area contributed by atoms with Crippen LogP contribution in [0.3, 0.4) is 0 Å². The molecule has 2 N–H and O–H groups in total. The van der Waals surface area contributed by atoms with Gasteiger partial charge in [-0.05, 0) is 74.9 Å². The molecule has 6 rings (SSSR count). The summed E-state index contributed by atoms with van der Waals surface area (Å²) in [7, 11) is 1.55. The Hall–Kier alpha value is -3.08. The molecule has 0 radical (unpaired) electrons. The molecular formula is C30H35F2N5O2S. The van der Waals surface area contributed by atoms with E-state index in [1.807, 2.05) is 34.9 Å². The molecule has 7 nitrogen and oxygen atoms in total. The van der Waals surface area contributed by atoms with Crippen molar-refractivity contribution in [2.24, 2.45) is 0 Å². The molecule has 2 aromatic carbocycles. The predicted molar refractivity (Wildman–Crippen MR) is 155 cm³/mol. The zero-order valence-corrected chi connectivity index (χ0v) is 23.5. The molecule has 40 heavy (non-hydrogen) atoms. The van der Waals surface area contributed by atoms with Crippen molar-refractivity contribution in [3.8, 4) is 17.0 Å². The fourth-order valence-electron chi connectivity index (χ4n) is 5.86. The first kappa shape index (κ1) is 27.1. The maximum absolute atomic E-state index is 15.2. The Morgan fingerprint density at radius 1 is 1.23 bits per heavy atom. The van der Waals surface area contributed by atoms with Crippen LogP contribution in [0.5, 0.6) is 5.75 Å². The van der Waals surface area contributed by atoms with Gasteiger partial charge in [0.1, 0.15) is 17.7 Å². The fraction of sp³-hybridized carbons (Fsp3) is 0.467. The van der Waals surface area contributed by atoms with E-state index in [1.54, 1.807) is 13.2 Å². The highest BCUT2D eigenvalue weighted by atomic mass is 32.1. The highest BCUT2D eigenvalue weighted by Gasteiger charge is 2.21. The number of thiazole rings is 1. The molecule has 2 aromatic heterocycles. The number of amides is 1. The average molecular weight is 568 g/mol.